The SMILES string of the molecule is O=C(O)c1cn(CCOC2CC2)c2cccc(Cl)c12. The van der Waals surface area contributed by atoms with Crippen LogP contribution in [0.2, 0.25) is 5.02 Å². The second kappa shape index (κ2) is 4.87. The predicted octanol–water partition coefficient (Wildman–Crippen LogP) is 3.17. The zero-order valence-corrected chi connectivity index (χ0v) is 11.1. The molecule has 0 atom stereocenters. The number of hydrogen-bond donors (Lipinski definition) is 1. The normalized spacial score (nSPS) is 15.0. The average molecular weight is 280 g/mol. The molecule has 1 aromatic heterocycles. The number of aromatic carboxylic acids is 1. The van der Waals surface area contributed by atoms with Gasteiger partial charge in [-0.25, -0.2) is 4.79 Å². The number of rotatable bonds is 5. The van der Waals surface area contributed by atoms with E-state index < -0.39 is 5.97 Å². The highest BCUT2D eigenvalue weighted by molar-refractivity contribution is 6.36. The number of nitrogens with zero attached hydrogens (tertiary/aromatic N) is 1. The summed E-state index contributed by atoms with van der Waals surface area (Å²) in [5, 5.41) is 10.3. The lowest BCUT2D eigenvalue weighted by atomic mass is 10.2. The summed E-state index contributed by atoms with van der Waals surface area (Å²) in [7, 11) is 0. The molecular weight excluding hydrogens is 266 g/mol. The van der Waals surface area contributed by atoms with E-state index in [-0.39, 0.29) is 5.56 Å². The Morgan fingerprint density at radius 2 is 2.26 bits per heavy atom. The first kappa shape index (κ1) is 12.5. The monoisotopic (exact) mass is 279 g/mol. The molecule has 4 nitrogen and oxygen atoms in total. The number of hydrogen-bond acceptors (Lipinski definition) is 2. The topological polar surface area (TPSA) is 51.5 Å². The van der Waals surface area contributed by atoms with E-state index in [4.69, 9.17) is 16.3 Å². The molecule has 0 spiro atoms. The van der Waals surface area contributed by atoms with Crippen LogP contribution in [0.5, 0.6) is 0 Å². The number of carboxylic acids is 1. The van der Waals surface area contributed by atoms with Crippen molar-refractivity contribution >= 4 is 28.5 Å². The summed E-state index contributed by atoms with van der Waals surface area (Å²) in [5.41, 5.74) is 1.08. The van der Waals surface area contributed by atoms with Gasteiger partial charge < -0.3 is 14.4 Å². The van der Waals surface area contributed by atoms with Gasteiger partial charge in [-0.1, -0.05) is 17.7 Å². The largest absolute Gasteiger partial charge is 0.478 e. The van der Waals surface area contributed by atoms with E-state index in [9.17, 15) is 9.90 Å². The number of benzene rings is 1. The number of aromatic nitrogens is 1. The van der Waals surface area contributed by atoms with Gasteiger partial charge in [0.1, 0.15) is 0 Å². The van der Waals surface area contributed by atoms with Gasteiger partial charge in [0, 0.05) is 18.1 Å². The molecule has 1 saturated carbocycles. The minimum Gasteiger partial charge on any atom is -0.478 e. The number of carboxylic acid groups (broad SMARTS) is 1. The molecule has 0 bridgehead atoms. The third-order valence-electron chi connectivity index (χ3n) is 3.30. The molecule has 0 saturated heterocycles. The van der Waals surface area contributed by atoms with Gasteiger partial charge in [-0.2, -0.15) is 0 Å². The Hall–Kier alpha value is -1.52. The first-order chi connectivity index (χ1) is 9.16. The molecule has 0 unspecified atom stereocenters. The van der Waals surface area contributed by atoms with Gasteiger partial charge in [0.2, 0.25) is 0 Å². The van der Waals surface area contributed by atoms with E-state index in [1.54, 1.807) is 12.3 Å². The van der Waals surface area contributed by atoms with E-state index in [2.05, 4.69) is 0 Å². The quantitative estimate of drug-likeness (QED) is 0.914. The lowest BCUT2D eigenvalue weighted by molar-refractivity contribution is 0.0698. The minimum absolute atomic E-state index is 0.243. The van der Waals surface area contributed by atoms with Crippen molar-refractivity contribution in [3.63, 3.8) is 0 Å². The molecule has 5 heteroatoms. The first-order valence-electron chi connectivity index (χ1n) is 6.29. The molecule has 1 heterocycles. The highest BCUT2D eigenvalue weighted by Crippen LogP contribution is 2.29. The zero-order valence-electron chi connectivity index (χ0n) is 10.3. The average Bonchev–Trinajstić information content (AvgIpc) is 3.11. The lowest BCUT2D eigenvalue weighted by Crippen LogP contribution is -2.06. The van der Waals surface area contributed by atoms with Crippen LogP contribution in [0.25, 0.3) is 10.9 Å². The van der Waals surface area contributed by atoms with Gasteiger partial charge in [-0.3, -0.25) is 0 Å². The van der Waals surface area contributed by atoms with E-state index in [1.807, 2.05) is 16.7 Å². The molecule has 1 fully saturated rings. The molecule has 1 aliphatic carbocycles. The van der Waals surface area contributed by atoms with Crippen molar-refractivity contribution in [2.45, 2.75) is 25.5 Å². The Morgan fingerprint density at radius 3 is 2.95 bits per heavy atom. The maximum atomic E-state index is 11.3. The van der Waals surface area contributed by atoms with Crippen molar-refractivity contribution in [2.24, 2.45) is 0 Å². The molecule has 2 aromatic rings. The van der Waals surface area contributed by atoms with Crippen LogP contribution in [0, 0.1) is 0 Å². The standard InChI is InChI=1S/C14H14ClNO3/c15-11-2-1-3-12-13(11)10(14(17)18)8-16(12)6-7-19-9-4-5-9/h1-3,8-9H,4-7H2,(H,17,18). The fourth-order valence-corrected chi connectivity index (χ4v) is 2.48. The Balaban J connectivity index is 1.94. The first-order valence-corrected chi connectivity index (χ1v) is 6.67. The van der Waals surface area contributed by atoms with Crippen LogP contribution < -0.4 is 0 Å². The predicted molar refractivity (Wildman–Crippen MR) is 72.9 cm³/mol. The van der Waals surface area contributed by atoms with Gasteiger partial charge >= 0.3 is 5.97 Å². The van der Waals surface area contributed by atoms with Gasteiger partial charge in [0.25, 0.3) is 0 Å². The van der Waals surface area contributed by atoms with E-state index in [0.717, 1.165) is 18.4 Å². The summed E-state index contributed by atoms with van der Waals surface area (Å²) in [4.78, 5) is 11.3. The number of halogens is 1. The van der Waals surface area contributed by atoms with Crippen molar-refractivity contribution in [2.75, 3.05) is 6.61 Å². The van der Waals surface area contributed by atoms with Crippen molar-refractivity contribution < 1.29 is 14.6 Å². The van der Waals surface area contributed by atoms with Crippen LogP contribution in [-0.2, 0) is 11.3 Å². The van der Waals surface area contributed by atoms with Crippen molar-refractivity contribution in [3.05, 3.63) is 35.0 Å². The summed E-state index contributed by atoms with van der Waals surface area (Å²) in [6.07, 6.45) is 4.32. The molecule has 0 radical (unpaired) electrons. The van der Waals surface area contributed by atoms with Crippen LogP contribution in [0.4, 0.5) is 0 Å². The van der Waals surface area contributed by atoms with E-state index in [0.29, 0.717) is 29.7 Å². The molecule has 19 heavy (non-hydrogen) atoms. The summed E-state index contributed by atoms with van der Waals surface area (Å²) in [6, 6.07) is 5.42. The van der Waals surface area contributed by atoms with Gasteiger partial charge in [-0.05, 0) is 25.0 Å². The van der Waals surface area contributed by atoms with Crippen LogP contribution in [-0.4, -0.2) is 28.4 Å². The van der Waals surface area contributed by atoms with Crippen LogP contribution in [0.15, 0.2) is 24.4 Å². The molecule has 0 aliphatic heterocycles. The van der Waals surface area contributed by atoms with Crippen molar-refractivity contribution in [3.8, 4) is 0 Å². The fourth-order valence-electron chi connectivity index (χ4n) is 2.21. The van der Waals surface area contributed by atoms with Crippen molar-refractivity contribution in [1.82, 2.24) is 4.57 Å². The molecule has 1 N–H and O–H groups in total. The number of ether oxygens (including phenoxy) is 1. The summed E-state index contributed by atoms with van der Waals surface area (Å²) < 4.78 is 7.50. The second-order valence-electron chi connectivity index (χ2n) is 4.75. The Labute approximate surface area is 115 Å². The maximum absolute atomic E-state index is 11.3. The van der Waals surface area contributed by atoms with E-state index >= 15 is 0 Å². The summed E-state index contributed by atoms with van der Waals surface area (Å²) in [5.74, 6) is -0.958. The molecule has 3 rings (SSSR count). The highest BCUT2D eigenvalue weighted by Gasteiger charge is 2.22. The molecule has 1 aliphatic rings. The summed E-state index contributed by atoms with van der Waals surface area (Å²) >= 11 is 6.11. The van der Waals surface area contributed by atoms with Gasteiger partial charge in [0.15, 0.2) is 0 Å². The third kappa shape index (κ3) is 2.46. The lowest BCUT2D eigenvalue weighted by Gasteiger charge is -2.06. The van der Waals surface area contributed by atoms with Crippen LogP contribution >= 0.6 is 11.6 Å². The second-order valence-corrected chi connectivity index (χ2v) is 5.15. The molecular formula is C14H14ClNO3. The minimum atomic E-state index is -0.958. The Kier molecular flexibility index (Phi) is 3.21. The smallest absolute Gasteiger partial charge is 0.337 e. The fraction of sp³-hybridized carbons (Fsp3) is 0.357. The summed E-state index contributed by atoms with van der Waals surface area (Å²) in [6.45, 7) is 1.24. The molecule has 100 valence electrons. The molecule has 1 aromatic carbocycles. The maximum Gasteiger partial charge on any atom is 0.337 e. The van der Waals surface area contributed by atoms with Gasteiger partial charge in [-0.15, -0.1) is 0 Å². The van der Waals surface area contributed by atoms with Crippen LogP contribution in [0.3, 0.4) is 0 Å². The number of fused-ring (bicyclic) bond motifs is 1. The molecule has 0 amide bonds. The highest BCUT2D eigenvalue weighted by atomic mass is 35.5. The van der Waals surface area contributed by atoms with Crippen molar-refractivity contribution in [1.29, 1.82) is 0 Å². The number of carbonyl (C=O) groups is 1. The third-order valence-corrected chi connectivity index (χ3v) is 3.61. The van der Waals surface area contributed by atoms with Gasteiger partial charge in [0.05, 0.1) is 28.8 Å². The Morgan fingerprint density at radius 1 is 1.47 bits per heavy atom. The Bertz CT molecular complexity index is 631. The van der Waals surface area contributed by atoms with E-state index in [1.165, 1.54) is 0 Å². The van der Waals surface area contributed by atoms with Crippen LogP contribution in [0.1, 0.15) is 23.2 Å². The zero-order chi connectivity index (χ0) is 13.4.